The van der Waals surface area contributed by atoms with E-state index < -0.39 is 42.0 Å². The molecule has 0 spiro atoms. The highest BCUT2D eigenvalue weighted by Gasteiger charge is 2.32. The number of alkyl halides is 4. The maximum absolute atomic E-state index is 12.4. The summed E-state index contributed by atoms with van der Waals surface area (Å²) in [5, 5.41) is 8.70. The Morgan fingerprint density at radius 3 is 2.32 bits per heavy atom. The number of nitriles is 1. The number of thioether (sulfide) groups is 1. The Labute approximate surface area is 120 Å². The molecule has 0 amide bonds. The molecule has 0 aliphatic rings. The minimum absolute atomic E-state index is 0.250. The van der Waals surface area contributed by atoms with Gasteiger partial charge in [0.25, 0.3) is 9.05 Å². The summed E-state index contributed by atoms with van der Waals surface area (Å²) in [6.45, 7) is 0. The van der Waals surface area contributed by atoms with Crippen molar-refractivity contribution in [3.8, 4) is 6.07 Å². The molecular weight excluding hydrogens is 346 g/mol. The van der Waals surface area contributed by atoms with E-state index in [2.05, 4.69) is 0 Å². The first-order valence-electron chi connectivity index (χ1n) is 4.42. The van der Waals surface area contributed by atoms with Crippen molar-refractivity contribution >= 4 is 43.1 Å². The van der Waals surface area contributed by atoms with Crippen LogP contribution in [0.25, 0.3) is 0 Å². The van der Waals surface area contributed by atoms with Gasteiger partial charge >= 0.3 is 5.51 Å². The molecule has 104 valence electrons. The van der Waals surface area contributed by atoms with Gasteiger partial charge in [-0.05, 0) is 23.9 Å². The number of rotatable bonds is 3. The predicted octanol–water partition coefficient (Wildman–Crippen LogP) is 3.84. The average Bonchev–Trinajstić information content (AvgIpc) is 2.24. The minimum Gasteiger partial charge on any atom is -0.207 e. The summed E-state index contributed by atoms with van der Waals surface area (Å²) < 4.78 is 59.7. The Hall–Kier alpha value is -0.620. The van der Waals surface area contributed by atoms with Crippen LogP contribution < -0.4 is 0 Å². The van der Waals surface area contributed by atoms with Gasteiger partial charge in [0.15, 0.2) is 0 Å². The van der Waals surface area contributed by atoms with Gasteiger partial charge in [-0.1, -0.05) is 0 Å². The largest absolute Gasteiger partial charge is 0.446 e. The Morgan fingerprint density at radius 1 is 1.37 bits per heavy atom. The summed E-state index contributed by atoms with van der Waals surface area (Å²) in [6.07, 6.45) is 0. The van der Waals surface area contributed by atoms with Crippen molar-refractivity contribution in [1.82, 2.24) is 0 Å². The van der Waals surface area contributed by atoms with Gasteiger partial charge < -0.3 is 0 Å². The van der Waals surface area contributed by atoms with Gasteiger partial charge in [-0.25, -0.2) is 8.42 Å². The molecule has 0 N–H and O–H groups in total. The maximum atomic E-state index is 12.4. The van der Waals surface area contributed by atoms with E-state index >= 15 is 0 Å². The van der Waals surface area contributed by atoms with Crippen LogP contribution in [0.3, 0.4) is 0 Å². The topological polar surface area (TPSA) is 57.9 Å². The first-order chi connectivity index (χ1) is 8.58. The van der Waals surface area contributed by atoms with Crippen LogP contribution in [-0.4, -0.2) is 13.9 Å². The van der Waals surface area contributed by atoms with Gasteiger partial charge in [0.1, 0.15) is 0 Å². The molecule has 0 radical (unpaired) electrons. The van der Waals surface area contributed by atoms with Crippen molar-refractivity contribution in [3.63, 3.8) is 0 Å². The first kappa shape index (κ1) is 16.4. The van der Waals surface area contributed by atoms with Crippen molar-refractivity contribution in [2.24, 2.45) is 0 Å². The molecule has 1 rings (SSSR count). The zero-order valence-electron chi connectivity index (χ0n) is 8.83. The molecule has 0 bridgehead atoms. The SMILES string of the molecule is N#Cc1cc(SC(F)(F)F)c(CCl)c(S(=O)(=O)Cl)c1. The molecule has 0 aromatic heterocycles. The van der Waals surface area contributed by atoms with Crippen molar-refractivity contribution < 1.29 is 21.6 Å². The Morgan fingerprint density at radius 2 is 1.95 bits per heavy atom. The lowest BCUT2D eigenvalue weighted by Crippen LogP contribution is -2.05. The summed E-state index contributed by atoms with van der Waals surface area (Å²) in [5.41, 5.74) is -5.17. The molecule has 10 heteroatoms. The lowest BCUT2D eigenvalue weighted by molar-refractivity contribution is -0.0328. The molecule has 0 aliphatic carbocycles. The first-order valence-corrected chi connectivity index (χ1v) is 8.08. The van der Waals surface area contributed by atoms with E-state index in [0.717, 1.165) is 12.1 Å². The third-order valence-electron chi connectivity index (χ3n) is 1.92. The van der Waals surface area contributed by atoms with E-state index in [-0.39, 0.29) is 11.1 Å². The number of hydrogen-bond acceptors (Lipinski definition) is 4. The molecule has 19 heavy (non-hydrogen) atoms. The predicted molar refractivity (Wildman–Crippen MR) is 65.7 cm³/mol. The summed E-state index contributed by atoms with van der Waals surface area (Å²) in [6, 6.07) is 3.38. The molecule has 0 heterocycles. The second-order valence-electron chi connectivity index (χ2n) is 3.18. The number of hydrogen-bond donors (Lipinski definition) is 0. The highest BCUT2D eigenvalue weighted by Crippen LogP contribution is 2.41. The summed E-state index contributed by atoms with van der Waals surface area (Å²) in [7, 11) is 0.828. The van der Waals surface area contributed by atoms with Crippen molar-refractivity contribution in [1.29, 1.82) is 5.26 Å². The quantitative estimate of drug-likeness (QED) is 0.472. The van der Waals surface area contributed by atoms with Gasteiger partial charge in [-0.2, -0.15) is 18.4 Å². The molecule has 3 nitrogen and oxygen atoms in total. The van der Waals surface area contributed by atoms with E-state index in [4.69, 9.17) is 27.5 Å². The second-order valence-corrected chi connectivity index (χ2v) is 7.09. The van der Waals surface area contributed by atoms with E-state index in [9.17, 15) is 21.6 Å². The zero-order chi connectivity index (χ0) is 14.8. The second kappa shape index (κ2) is 5.79. The van der Waals surface area contributed by atoms with Gasteiger partial charge in [-0.3, -0.25) is 0 Å². The lowest BCUT2D eigenvalue weighted by Gasteiger charge is -2.12. The summed E-state index contributed by atoms with van der Waals surface area (Å²) in [5.74, 6) is -0.481. The fraction of sp³-hybridized carbons (Fsp3) is 0.222. The molecule has 0 unspecified atom stereocenters. The van der Waals surface area contributed by atoms with Crippen molar-refractivity contribution in [3.05, 3.63) is 23.3 Å². The van der Waals surface area contributed by atoms with Gasteiger partial charge in [0.2, 0.25) is 0 Å². The summed E-state index contributed by atoms with van der Waals surface area (Å²) in [4.78, 5) is -1.05. The molecule has 1 aromatic carbocycles. The Kier molecular flexibility index (Phi) is 5.01. The number of nitrogens with zero attached hydrogens (tertiary/aromatic N) is 1. The van der Waals surface area contributed by atoms with Gasteiger partial charge in [-0.15, -0.1) is 11.6 Å². The van der Waals surface area contributed by atoms with Crippen LogP contribution in [0, 0.1) is 11.3 Å². The zero-order valence-corrected chi connectivity index (χ0v) is 12.0. The molecule has 0 atom stereocenters. The lowest BCUT2D eigenvalue weighted by atomic mass is 10.2. The Balaban J connectivity index is 3.59. The van der Waals surface area contributed by atoms with Gasteiger partial charge in [0, 0.05) is 27.0 Å². The fourth-order valence-electron chi connectivity index (χ4n) is 1.25. The normalized spacial score (nSPS) is 12.2. The van der Waals surface area contributed by atoms with Crippen LogP contribution in [-0.2, 0) is 14.9 Å². The van der Waals surface area contributed by atoms with Crippen LogP contribution in [0.4, 0.5) is 13.2 Å². The molecule has 0 fully saturated rings. The number of halogens is 5. The van der Waals surface area contributed by atoms with E-state index in [0.29, 0.717) is 0 Å². The Bertz CT molecular complexity index is 638. The van der Waals surface area contributed by atoms with Crippen LogP contribution in [0.15, 0.2) is 21.9 Å². The van der Waals surface area contributed by atoms with Crippen LogP contribution >= 0.6 is 34.0 Å². The highest BCUT2D eigenvalue weighted by molar-refractivity contribution is 8.13. The monoisotopic (exact) mass is 349 g/mol. The van der Waals surface area contributed by atoms with Gasteiger partial charge in [0.05, 0.1) is 16.5 Å². The molecule has 1 aromatic rings. The molecule has 0 saturated carbocycles. The smallest absolute Gasteiger partial charge is 0.207 e. The molecule has 0 aliphatic heterocycles. The fourth-order valence-corrected chi connectivity index (χ4v) is 3.66. The third kappa shape index (κ3) is 4.45. The van der Waals surface area contributed by atoms with Crippen molar-refractivity contribution in [2.45, 2.75) is 21.2 Å². The van der Waals surface area contributed by atoms with Crippen molar-refractivity contribution in [2.75, 3.05) is 0 Å². The standard InChI is InChI=1S/C9H4Cl2F3NO2S2/c10-3-6-7(18-9(12,13)14)1-5(4-15)2-8(6)19(11,16)17/h1-2H,3H2. The molecular formula is C9H4Cl2F3NO2S2. The third-order valence-corrected chi connectivity index (χ3v) is 4.39. The van der Waals surface area contributed by atoms with Crippen LogP contribution in [0.1, 0.15) is 11.1 Å². The van der Waals surface area contributed by atoms with Crippen LogP contribution in [0.2, 0.25) is 0 Å². The summed E-state index contributed by atoms with van der Waals surface area (Å²) >= 11 is 4.93. The van der Waals surface area contributed by atoms with E-state index in [1.165, 1.54) is 0 Å². The number of benzene rings is 1. The maximum Gasteiger partial charge on any atom is 0.446 e. The highest BCUT2D eigenvalue weighted by atomic mass is 35.7. The average molecular weight is 350 g/mol. The van der Waals surface area contributed by atoms with E-state index in [1.54, 1.807) is 6.07 Å². The van der Waals surface area contributed by atoms with E-state index in [1.807, 2.05) is 0 Å². The minimum atomic E-state index is -4.64. The van der Waals surface area contributed by atoms with Crippen LogP contribution in [0.5, 0.6) is 0 Å². The molecule has 0 saturated heterocycles.